The van der Waals surface area contributed by atoms with Crippen LogP contribution < -0.4 is 17.0 Å². The molecule has 4 aromatic heterocycles. The molecule has 236 valence electrons. The largest absolute Gasteiger partial charge is 0.582 e. The lowest BCUT2D eigenvalue weighted by atomic mass is 10.1. The molecule has 4 unspecified atom stereocenters. The average molecular weight is 694 g/mol. The number of H-pyrrole nitrogens is 1. The molecule has 6 heterocycles. The molecule has 2 fully saturated rings. The molecule has 0 radical (unpaired) electrons. The van der Waals surface area contributed by atoms with Crippen LogP contribution in [0.15, 0.2) is 23.8 Å². The summed E-state index contributed by atoms with van der Waals surface area (Å²) in [6.07, 6.45) is -5.31. The molecule has 24 heteroatoms. The molecule has 0 bridgehead atoms. The molecule has 44 heavy (non-hydrogen) atoms. The molecule has 6 rings (SSSR count). The van der Waals surface area contributed by atoms with Gasteiger partial charge < -0.3 is 40.0 Å². The summed E-state index contributed by atoms with van der Waals surface area (Å²) in [5.41, 5.74) is 11.3. The van der Waals surface area contributed by atoms with Gasteiger partial charge in [0.05, 0.1) is 25.4 Å². The van der Waals surface area contributed by atoms with Crippen molar-refractivity contribution < 1.29 is 42.0 Å². The normalized spacial score (nSPS) is 29.0. The third-order valence-corrected chi connectivity index (χ3v) is 9.17. The number of aromatic nitrogens is 8. The van der Waals surface area contributed by atoms with E-state index in [1.807, 2.05) is 0 Å². The van der Waals surface area contributed by atoms with Crippen molar-refractivity contribution in [1.29, 1.82) is 0 Å². The molecule has 2 aliphatic rings. The minimum atomic E-state index is -4.13. The first-order chi connectivity index (χ1) is 20.9. The van der Waals surface area contributed by atoms with Gasteiger partial charge in [0.15, 0.2) is 41.3 Å². The van der Waals surface area contributed by atoms with Crippen LogP contribution >= 0.6 is 26.2 Å². The van der Waals surface area contributed by atoms with E-state index in [1.165, 1.54) is 28.1 Å². The van der Waals surface area contributed by atoms with Gasteiger partial charge in [0.25, 0.3) is 5.56 Å². The number of aliphatic hydroxyl groups excluding tert-OH is 1. The molecular formula is C20H24FN10O9P2S2+. The van der Waals surface area contributed by atoms with Gasteiger partial charge in [-0.3, -0.25) is 18.9 Å². The Morgan fingerprint density at radius 1 is 1.16 bits per heavy atom. The van der Waals surface area contributed by atoms with Crippen LogP contribution in [0.2, 0.25) is 0 Å². The lowest BCUT2D eigenvalue weighted by molar-refractivity contribution is -0.0536. The number of aliphatic hydroxyl groups is 1. The Morgan fingerprint density at radius 3 is 2.64 bits per heavy atom. The number of nitrogens with zero attached hydrogens (tertiary/aromatic N) is 7. The molecule has 0 spiro atoms. The topological polar surface area (TPSA) is 263 Å². The Bertz CT molecular complexity index is 1830. The minimum absolute atomic E-state index is 0.0399. The van der Waals surface area contributed by atoms with E-state index in [1.54, 1.807) is 0 Å². The number of nitrogens with two attached hydrogens (primary N) is 2. The zero-order valence-electron chi connectivity index (χ0n) is 22.1. The maximum Gasteiger partial charge on any atom is 0.582 e. The van der Waals surface area contributed by atoms with Crippen molar-refractivity contribution in [2.24, 2.45) is 0 Å². The number of nitrogens with one attached hydrogen (secondary N) is 1. The standard InChI is InChI=1S/C20H23FN10O9P2S2/c21-10-13(32)9(39-19(10)30-5-26-11-14(22)24-4-25-15(11)30)3-37-42(35,44)40-8-1-7(2-36-41(34)43)38-18(8)31-6-27-12-16(31)28-20(23)29-17(12)33/h4-10,13,18-19,32H,1-3H2,(H6-,22,23,24,25,28,29,33,34,35,43,44)/p+1/t7-,8?,9+,10?,13-,18+,19+,42?/m0/s1. The first-order valence-corrected chi connectivity index (χ1v) is 17.6. The zero-order chi connectivity index (χ0) is 31.3. The summed E-state index contributed by atoms with van der Waals surface area (Å²) >= 11 is 8.94. The van der Waals surface area contributed by atoms with Crippen LogP contribution in [-0.2, 0) is 39.4 Å². The highest BCUT2D eigenvalue weighted by Gasteiger charge is 2.47. The Morgan fingerprint density at radius 2 is 1.89 bits per heavy atom. The first-order valence-electron chi connectivity index (χ1n) is 12.6. The van der Waals surface area contributed by atoms with Crippen LogP contribution in [0.1, 0.15) is 18.9 Å². The highest BCUT2D eigenvalue weighted by Crippen LogP contribution is 2.50. The first kappa shape index (κ1) is 31.2. The Balaban J connectivity index is 1.17. The fourth-order valence-corrected chi connectivity index (χ4v) is 6.87. The maximum atomic E-state index is 15.2. The number of halogens is 1. The van der Waals surface area contributed by atoms with E-state index in [0.29, 0.717) is 0 Å². The van der Waals surface area contributed by atoms with Crippen molar-refractivity contribution in [2.45, 2.75) is 49.5 Å². The molecule has 19 nitrogen and oxygen atoms in total. The van der Waals surface area contributed by atoms with E-state index in [4.69, 9.17) is 46.3 Å². The smallest absolute Gasteiger partial charge is 0.387 e. The summed E-state index contributed by atoms with van der Waals surface area (Å²) in [5.74, 6) is -0.0978. The highest BCUT2D eigenvalue weighted by molar-refractivity contribution is 8.39. The number of hydrogen-bond acceptors (Lipinski definition) is 16. The molecule has 9 atom stereocenters. The number of fused-ring (bicyclic) bond motifs is 2. The maximum absolute atomic E-state index is 15.2. The van der Waals surface area contributed by atoms with Gasteiger partial charge in [-0.05, 0) is 16.4 Å². The van der Waals surface area contributed by atoms with Crippen LogP contribution in [-0.4, -0.2) is 92.8 Å². The predicted octanol–water partition coefficient (Wildman–Crippen LogP) is 0.230. The van der Waals surface area contributed by atoms with Crippen molar-refractivity contribution in [3.8, 4) is 0 Å². The van der Waals surface area contributed by atoms with Gasteiger partial charge in [-0.2, -0.15) is 4.98 Å². The second-order valence-electron chi connectivity index (χ2n) is 9.68. The van der Waals surface area contributed by atoms with Gasteiger partial charge >= 0.3 is 13.9 Å². The van der Waals surface area contributed by atoms with Crippen LogP contribution in [0.25, 0.3) is 22.3 Å². The minimum Gasteiger partial charge on any atom is -0.387 e. The summed E-state index contributed by atoms with van der Waals surface area (Å²) < 4.78 is 57.2. The molecule has 0 saturated carbocycles. The van der Waals surface area contributed by atoms with E-state index >= 15 is 4.39 Å². The number of hydrogen-bond donors (Lipinski definition) is 6. The predicted molar refractivity (Wildman–Crippen MR) is 156 cm³/mol. The van der Waals surface area contributed by atoms with Gasteiger partial charge in [0.2, 0.25) is 5.95 Å². The van der Waals surface area contributed by atoms with Crippen LogP contribution in [0.4, 0.5) is 16.2 Å². The van der Waals surface area contributed by atoms with Crippen molar-refractivity contribution >= 4 is 72.1 Å². The molecule has 0 aliphatic carbocycles. The van der Waals surface area contributed by atoms with E-state index in [-0.39, 0.29) is 47.1 Å². The van der Waals surface area contributed by atoms with E-state index in [2.05, 4.69) is 42.2 Å². The third kappa shape index (κ3) is 6.07. The number of nitrogen functional groups attached to an aromatic ring is 2. The molecule has 7 N–H and O–H groups in total. The molecule has 4 aromatic rings. The molecule has 0 aromatic carbocycles. The third-order valence-electron chi connectivity index (χ3n) is 6.87. The zero-order valence-corrected chi connectivity index (χ0v) is 25.6. The Kier molecular flexibility index (Phi) is 8.67. The fraction of sp³-hybridized carbons (Fsp3) is 0.500. The van der Waals surface area contributed by atoms with Crippen molar-refractivity contribution in [3.05, 3.63) is 29.3 Å². The van der Waals surface area contributed by atoms with E-state index < -0.39 is 69.2 Å². The van der Waals surface area contributed by atoms with Gasteiger partial charge in [-0.15, -0.1) is 4.52 Å². The van der Waals surface area contributed by atoms with Gasteiger partial charge in [-0.1, -0.05) is 0 Å². The summed E-state index contributed by atoms with van der Waals surface area (Å²) in [5, 5.41) is 10.6. The van der Waals surface area contributed by atoms with Crippen molar-refractivity contribution in [1.82, 2.24) is 39.0 Å². The van der Waals surface area contributed by atoms with Gasteiger partial charge in [0.1, 0.15) is 49.0 Å². The lowest BCUT2D eigenvalue weighted by Gasteiger charge is -2.25. The van der Waals surface area contributed by atoms with Crippen LogP contribution in [0, 0.1) is 0 Å². The number of thiol groups is 1. The van der Waals surface area contributed by atoms with Crippen LogP contribution in [0.3, 0.4) is 0 Å². The molecular weight excluding hydrogens is 669 g/mol. The van der Waals surface area contributed by atoms with Crippen molar-refractivity contribution in [3.63, 3.8) is 0 Å². The highest BCUT2D eigenvalue weighted by atomic mass is 32.7. The average Bonchev–Trinajstić information content (AvgIpc) is 3.73. The number of imidazole rings is 2. The van der Waals surface area contributed by atoms with Crippen LogP contribution in [0.5, 0.6) is 0 Å². The number of alkyl halides is 1. The summed E-state index contributed by atoms with van der Waals surface area (Å²) in [4.78, 5) is 45.7. The molecule has 0 amide bonds. The van der Waals surface area contributed by atoms with Gasteiger partial charge in [0, 0.05) is 6.42 Å². The number of rotatable bonds is 10. The second kappa shape index (κ2) is 12.2. The Labute approximate surface area is 256 Å². The van der Waals surface area contributed by atoms with Gasteiger partial charge in [-0.25, -0.2) is 24.3 Å². The lowest BCUT2D eigenvalue weighted by Crippen LogP contribution is -2.31. The Hall–Kier alpha value is -2.75. The number of anilines is 2. The monoisotopic (exact) mass is 693 g/mol. The van der Waals surface area contributed by atoms with Crippen molar-refractivity contribution in [2.75, 3.05) is 24.7 Å². The number of aromatic amines is 1. The summed E-state index contributed by atoms with van der Waals surface area (Å²) in [7, 11) is -2.25. The SMILES string of the molecule is Nc1nc2c(ncn2[C@@H]2O[C@H](CO[P+](=O)S)CC2OP(O)(=S)OC[C@H]2O[C@@H](n3cnc4c(N)ncnc43)C(F)[C@H]2O)c(=O)[nH]1. The van der Waals surface area contributed by atoms with E-state index in [0.717, 1.165) is 0 Å². The quantitative estimate of drug-likeness (QED) is 0.0959. The molecule has 2 saturated heterocycles. The number of ether oxygens (including phenoxy) is 2. The van der Waals surface area contributed by atoms with E-state index in [9.17, 15) is 19.4 Å². The second-order valence-corrected chi connectivity index (χ2v) is 14.2. The fourth-order valence-electron chi connectivity index (χ4n) is 4.93. The summed E-state index contributed by atoms with van der Waals surface area (Å²) in [6.45, 7) is -4.84. The molecule has 2 aliphatic heterocycles. The summed E-state index contributed by atoms with van der Waals surface area (Å²) in [6, 6.07) is 0.